The Balaban J connectivity index is 1.44. The lowest BCUT2D eigenvalue weighted by Gasteiger charge is -2.10. The third kappa shape index (κ3) is 4.54. The molecule has 1 N–H and O–H groups in total. The molecule has 1 saturated carbocycles. The molecular formula is C23H20FNO4. The zero-order valence-electron chi connectivity index (χ0n) is 15.8. The molecule has 1 heterocycles. The van der Waals surface area contributed by atoms with Crippen LogP contribution >= 0.6 is 0 Å². The van der Waals surface area contributed by atoms with Crippen LogP contribution in [0.4, 0.5) is 4.39 Å². The van der Waals surface area contributed by atoms with E-state index in [1.807, 2.05) is 19.1 Å². The number of rotatable bonds is 7. The first kappa shape index (κ1) is 18.9. The van der Waals surface area contributed by atoms with Crippen molar-refractivity contribution in [1.29, 1.82) is 0 Å². The monoisotopic (exact) mass is 393 g/mol. The molecule has 0 bridgehead atoms. The highest BCUT2D eigenvalue weighted by molar-refractivity contribution is 5.73. The second-order valence-electron chi connectivity index (χ2n) is 7.15. The second-order valence-corrected chi connectivity index (χ2v) is 7.15. The molecule has 4 rings (SSSR count). The molecule has 6 heteroatoms. The maximum Gasteiger partial charge on any atom is 0.306 e. The van der Waals surface area contributed by atoms with E-state index in [9.17, 15) is 9.18 Å². The molecule has 1 aromatic heterocycles. The van der Waals surface area contributed by atoms with E-state index in [1.54, 1.807) is 42.6 Å². The lowest BCUT2D eigenvalue weighted by Crippen LogP contribution is -2.06. The zero-order chi connectivity index (χ0) is 20.4. The smallest absolute Gasteiger partial charge is 0.306 e. The number of benzene rings is 2. The molecule has 3 aromatic rings. The Labute approximate surface area is 167 Å². The summed E-state index contributed by atoms with van der Waals surface area (Å²) < 4.78 is 25.8. The van der Waals surface area contributed by atoms with E-state index < -0.39 is 5.97 Å². The Hall–Kier alpha value is -3.41. The summed E-state index contributed by atoms with van der Waals surface area (Å²) in [6.45, 7) is 2.26. The summed E-state index contributed by atoms with van der Waals surface area (Å²) in [6, 6.07) is 15.3. The quantitative estimate of drug-likeness (QED) is 0.606. The van der Waals surface area contributed by atoms with Gasteiger partial charge in [-0.15, -0.1) is 0 Å². The van der Waals surface area contributed by atoms with E-state index in [4.69, 9.17) is 14.6 Å². The number of carbonyl (C=O) groups is 1. The van der Waals surface area contributed by atoms with E-state index in [1.165, 1.54) is 6.07 Å². The van der Waals surface area contributed by atoms with Crippen molar-refractivity contribution in [2.45, 2.75) is 13.3 Å². The third-order valence-electron chi connectivity index (χ3n) is 4.93. The Bertz CT molecular complexity index is 1020. The van der Waals surface area contributed by atoms with Gasteiger partial charge < -0.3 is 14.6 Å². The van der Waals surface area contributed by atoms with Gasteiger partial charge in [-0.25, -0.2) is 4.39 Å². The SMILES string of the molecule is Cc1ccc(Oc2ccc(F)c(-c3ccc(OC[C@@H]4C[C@H]4C(=O)O)cc3)c2)cn1. The molecule has 1 aliphatic carbocycles. The minimum Gasteiger partial charge on any atom is -0.493 e. The van der Waals surface area contributed by atoms with Crippen molar-refractivity contribution in [3.05, 3.63) is 72.3 Å². The first-order valence-electron chi connectivity index (χ1n) is 9.36. The molecule has 0 spiro atoms. The molecule has 0 aliphatic heterocycles. The first-order valence-corrected chi connectivity index (χ1v) is 9.36. The van der Waals surface area contributed by atoms with Gasteiger partial charge in [-0.3, -0.25) is 9.78 Å². The average molecular weight is 393 g/mol. The zero-order valence-corrected chi connectivity index (χ0v) is 15.8. The topological polar surface area (TPSA) is 68.7 Å². The van der Waals surface area contributed by atoms with Crippen LogP contribution in [0.2, 0.25) is 0 Å². The number of aliphatic carboxylic acids is 1. The second kappa shape index (κ2) is 7.91. The number of aryl methyl sites for hydroxylation is 1. The van der Waals surface area contributed by atoms with Gasteiger partial charge >= 0.3 is 5.97 Å². The normalized spacial score (nSPS) is 17.6. The summed E-state index contributed by atoms with van der Waals surface area (Å²) >= 11 is 0. The molecule has 1 aliphatic rings. The van der Waals surface area contributed by atoms with Crippen LogP contribution < -0.4 is 9.47 Å². The van der Waals surface area contributed by atoms with Gasteiger partial charge in [-0.2, -0.15) is 0 Å². The van der Waals surface area contributed by atoms with Crippen LogP contribution in [0.3, 0.4) is 0 Å². The van der Waals surface area contributed by atoms with Crippen LogP contribution in [0.25, 0.3) is 11.1 Å². The minimum absolute atomic E-state index is 0.0646. The van der Waals surface area contributed by atoms with E-state index in [0.29, 0.717) is 41.4 Å². The van der Waals surface area contributed by atoms with Crippen molar-refractivity contribution in [2.75, 3.05) is 6.61 Å². The van der Waals surface area contributed by atoms with Gasteiger partial charge in [0.2, 0.25) is 0 Å². The van der Waals surface area contributed by atoms with Crippen LogP contribution in [0.5, 0.6) is 17.2 Å². The molecule has 2 aromatic carbocycles. The molecule has 2 atom stereocenters. The summed E-state index contributed by atoms with van der Waals surface area (Å²) in [5.41, 5.74) is 2.00. The van der Waals surface area contributed by atoms with Crippen molar-refractivity contribution >= 4 is 5.97 Å². The summed E-state index contributed by atoms with van der Waals surface area (Å²) in [7, 11) is 0. The standard InChI is InChI=1S/C23H20FNO4/c1-14-2-5-19(12-25-14)29-18-8-9-22(24)20(11-18)15-3-6-17(7-4-15)28-13-16-10-21(16)23(26)27/h2-9,11-12,16,21H,10,13H2,1H3,(H,26,27)/t16-,21+/m0/s1. The van der Waals surface area contributed by atoms with Crippen molar-refractivity contribution in [1.82, 2.24) is 4.98 Å². The Kier molecular flexibility index (Phi) is 5.16. The summed E-state index contributed by atoms with van der Waals surface area (Å²) in [5, 5.41) is 8.93. The van der Waals surface area contributed by atoms with E-state index >= 15 is 0 Å². The number of nitrogens with zero attached hydrogens (tertiary/aromatic N) is 1. The predicted octanol–water partition coefficient (Wildman–Crippen LogP) is 5.09. The number of hydrogen-bond donors (Lipinski definition) is 1. The lowest BCUT2D eigenvalue weighted by atomic mass is 10.0. The highest BCUT2D eigenvalue weighted by Gasteiger charge is 2.43. The molecule has 0 amide bonds. The summed E-state index contributed by atoms with van der Waals surface area (Å²) in [5.74, 6) is 0.369. The van der Waals surface area contributed by atoms with E-state index in [0.717, 1.165) is 5.69 Å². The fourth-order valence-electron chi connectivity index (χ4n) is 3.11. The van der Waals surface area contributed by atoms with Gasteiger partial charge in [0.1, 0.15) is 23.1 Å². The Morgan fingerprint density at radius 3 is 2.48 bits per heavy atom. The lowest BCUT2D eigenvalue weighted by molar-refractivity contribution is -0.138. The van der Waals surface area contributed by atoms with Gasteiger partial charge in [0.25, 0.3) is 0 Å². The van der Waals surface area contributed by atoms with Gasteiger partial charge in [-0.1, -0.05) is 12.1 Å². The van der Waals surface area contributed by atoms with Gasteiger partial charge in [0.05, 0.1) is 18.7 Å². The molecule has 148 valence electrons. The summed E-state index contributed by atoms with van der Waals surface area (Å²) in [6.07, 6.45) is 2.28. The molecule has 0 saturated heterocycles. The number of halogens is 1. The van der Waals surface area contributed by atoms with Crippen molar-refractivity contribution in [3.63, 3.8) is 0 Å². The highest BCUT2D eigenvalue weighted by atomic mass is 19.1. The highest BCUT2D eigenvalue weighted by Crippen LogP contribution is 2.39. The molecule has 0 unspecified atom stereocenters. The van der Waals surface area contributed by atoms with Gasteiger partial charge in [0.15, 0.2) is 0 Å². The van der Waals surface area contributed by atoms with Crippen LogP contribution in [0.1, 0.15) is 12.1 Å². The van der Waals surface area contributed by atoms with Crippen molar-refractivity contribution in [2.24, 2.45) is 11.8 Å². The van der Waals surface area contributed by atoms with Crippen LogP contribution in [-0.2, 0) is 4.79 Å². The number of aromatic nitrogens is 1. The number of pyridine rings is 1. The van der Waals surface area contributed by atoms with Crippen LogP contribution in [0.15, 0.2) is 60.8 Å². The molecule has 29 heavy (non-hydrogen) atoms. The maximum absolute atomic E-state index is 14.4. The maximum atomic E-state index is 14.4. The molecular weight excluding hydrogens is 373 g/mol. The van der Waals surface area contributed by atoms with E-state index in [2.05, 4.69) is 4.98 Å². The molecule has 1 fully saturated rings. The predicted molar refractivity (Wildman–Crippen MR) is 106 cm³/mol. The summed E-state index contributed by atoms with van der Waals surface area (Å²) in [4.78, 5) is 15.1. The first-order chi connectivity index (χ1) is 14.0. The van der Waals surface area contributed by atoms with Crippen molar-refractivity contribution in [3.8, 4) is 28.4 Å². The van der Waals surface area contributed by atoms with E-state index in [-0.39, 0.29) is 17.7 Å². The Morgan fingerprint density at radius 1 is 1.10 bits per heavy atom. The molecule has 0 radical (unpaired) electrons. The average Bonchev–Trinajstić information content (AvgIpc) is 3.50. The Morgan fingerprint density at radius 2 is 1.83 bits per heavy atom. The number of hydrogen-bond acceptors (Lipinski definition) is 4. The van der Waals surface area contributed by atoms with Crippen LogP contribution in [-0.4, -0.2) is 22.7 Å². The largest absolute Gasteiger partial charge is 0.493 e. The van der Waals surface area contributed by atoms with Crippen LogP contribution in [0, 0.1) is 24.6 Å². The fraction of sp³-hybridized carbons (Fsp3) is 0.217. The fourth-order valence-corrected chi connectivity index (χ4v) is 3.11. The number of carboxylic acids is 1. The molecule has 5 nitrogen and oxygen atoms in total. The van der Waals surface area contributed by atoms with Gasteiger partial charge in [0, 0.05) is 17.2 Å². The number of ether oxygens (including phenoxy) is 2. The van der Waals surface area contributed by atoms with Gasteiger partial charge in [-0.05, 0) is 61.4 Å². The third-order valence-corrected chi connectivity index (χ3v) is 4.93. The minimum atomic E-state index is -0.770. The number of carboxylic acid groups (broad SMARTS) is 1. The van der Waals surface area contributed by atoms with Crippen molar-refractivity contribution < 1.29 is 23.8 Å².